The molecule has 156 valence electrons. The van der Waals surface area contributed by atoms with Crippen molar-refractivity contribution in [2.45, 2.75) is 33.2 Å². The van der Waals surface area contributed by atoms with Crippen LogP contribution in [-0.4, -0.2) is 47.0 Å². The number of nitrogens with zero attached hydrogens (tertiary/aromatic N) is 4. The van der Waals surface area contributed by atoms with Crippen LogP contribution in [0, 0.1) is 0 Å². The first-order valence-corrected chi connectivity index (χ1v) is 9.86. The standard InChI is InChI=1S/C18H26Cl2N6O.HI/c1-3-17-25-24-13-26(17)10-9-23-18(21-4-2)22-8-5-11-27-16-7-6-14(19)12-15(16)20;/h6-7,12-13H,3-5,8-11H2,1-2H3,(H2,21,22,23);1H. The molecule has 0 radical (unpaired) electrons. The minimum Gasteiger partial charge on any atom is -0.492 e. The Balaban J connectivity index is 0.00000392. The Bertz CT molecular complexity index is 741. The number of halogens is 3. The molecule has 0 aliphatic carbocycles. The molecule has 1 heterocycles. The summed E-state index contributed by atoms with van der Waals surface area (Å²) in [6, 6.07) is 5.20. The van der Waals surface area contributed by atoms with E-state index in [9.17, 15) is 0 Å². The smallest absolute Gasteiger partial charge is 0.191 e. The van der Waals surface area contributed by atoms with Crippen molar-refractivity contribution in [2.75, 3.05) is 26.2 Å². The molecule has 2 N–H and O–H groups in total. The number of aromatic nitrogens is 3. The van der Waals surface area contributed by atoms with Crippen LogP contribution in [0.15, 0.2) is 29.5 Å². The molecule has 0 unspecified atom stereocenters. The average molecular weight is 541 g/mol. The van der Waals surface area contributed by atoms with E-state index in [1.807, 2.05) is 11.5 Å². The van der Waals surface area contributed by atoms with Crippen LogP contribution in [-0.2, 0) is 13.0 Å². The summed E-state index contributed by atoms with van der Waals surface area (Å²) in [5.74, 6) is 2.40. The third kappa shape index (κ3) is 8.40. The highest BCUT2D eigenvalue weighted by molar-refractivity contribution is 14.0. The number of guanidine groups is 1. The molecule has 1 aromatic carbocycles. The molecule has 2 aromatic rings. The van der Waals surface area contributed by atoms with Crippen molar-refractivity contribution in [1.29, 1.82) is 0 Å². The first-order chi connectivity index (χ1) is 13.1. The van der Waals surface area contributed by atoms with Crippen molar-refractivity contribution >= 4 is 53.1 Å². The van der Waals surface area contributed by atoms with Crippen molar-refractivity contribution in [1.82, 2.24) is 25.4 Å². The van der Waals surface area contributed by atoms with Crippen LogP contribution in [0.4, 0.5) is 0 Å². The first kappa shape index (κ1) is 24.8. The molecule has 0 aliphatic heterocycles. The summed E-state index contributed by atoms with van der Waals surface area (Å²) in [6.45, 7) is 7.62. The van der Waals surface area contributed by atoms with E-state index in [0.717, 1.165) is 44.3 Å². The maximum Gasteiger partial charge on any atom is 0.191 e. The molecule has 28 heavy (non-hydrogen) atoms. The zero-order valence-corrected chi connectivity index (χ0v) is 20.0. The molecule has 0 saturated heterocycles. The molecule has 10 heteroatoms. The Morgan fingerprint density at radius 2 is 2.07 bits per heavy atom. The normalized spacial score (nSPS) is 11.1. The van der Waals surface area contributed by atoms with E-state index < -0.39 is 0 Å². The highest BCUT2D eigenvalue weighted by Crippen LogP contribution is 2.27. The summed E-state index contributed by atoms with van der Waals surface area (Å²) >= 11 is 12.0. The molecule has 1 aromatic heterocycles. The van der Waals surface area contributed by atoms with E-state index in [2.05, 4.69) is 32.7 Å². The quantitative estimate of drug-likeness (QED) is 0.207. The zero-order chi connectivity index (χ0) is 19.5. The second-order valence-corrected chi connectivity index (χ2v) is 6.60. The average Bonchev–Trinajstić information content (AvgIpc) is 3.10. The summed E-state index contributed by atoms with van der Waals surface area (Å²) in [4.78, 5) is 4.56. The summed E-state index contributed by atoms with van der Waals surface area (Å²) in [7, 11) is 0. The number of hydrogen-bond donors (Lipinski definition) is 2. The summed E-state index contributed by atoms with van der Waals surface area (Å²) in [6.07, 6.45) is 3.40. The Kier molecular flexibility index (Phi) is 12.2. The van der Waals surface area contributed by atoms with E-state index in [4.69, 9.17) is 27.9 Å². The molecule has 0 spiro atoms. The van der Waals surface area contributed by atoms with Gasteiger partial charge in [-0.25, -0.2) is 0 Å². The number of rotatable bonds is 10. The van der Waals surface area contributed by atoms with Gasteiger partial charge in [0.1, 0.15) is 17.9 Å². The largest absolute Gasteiger partial charge is 0.492 e. The topological polar surface area (TPSA) is 76.4 Å². The molecule has 0 amide bonds. The van der Waals surface area contributed by atoms with Crippen LogP contribution >= 0.6 is 47.2 Å². The monoisotopic (exact) mass is 540 g/mol. The highest BCUT2D eigenvalue weighted by atomic mass is 127. The number of ether oxygens (including phenoxy) is 1. The summed E-state index contributed by atoms with van der Waals surface area (Å²) in [5.41, 5.74) is 0. The maximum atomic E-state index is 6.09. The van der Waals surface area contributed by atoms with E-state index in [0.29, 0.717) is 28.9 Å². The fourth-order valence-corrected chi connectivity index (χ4v) is 2.87. The summed E-state index contributed by atoms with van der Waals surface area (Å²) in [5, 5.41) is 15.7. The Morgan fingerprint density at radius 3 is 2.79 bits per heavy atom. The van der Waals surface area contributed by atoms with Crippen LogP contribution < -0.4 is 15.4 Å². The van der Waals surface area contributed by atoms with Crippen LogP contribution in [0.2, 0.25) is 10.0 Å². The third-order valence-electron chi connectivity index (χ3n) is 3.73. The van der Waals surface area contributed by atoms with Gasteiger partial charge in [-0.1, -0.05) is 30.1 Å². The molecule has 7 nitrogen and oxygen atoms in total. The van der Waals surface area contributed by atoms with Crippen molar-refractivity contribution in [3.63, 3.8) is 0 Å². The van der Waals surface area contributed by atoms with Gasteiger partial charge in [0.15, 0.2) is 5.96 Å². The van der Waals surface area contributed by atoms with Gasteiger partial charge < -0.3 is 19.9 Å². The second-order valence-electron chi connectivity index (χ2n) is 5.76. The van der Waals surface area contributed by atoms with E-state index in [1.54, 1.807) is 24.5 Å². The van der Waals surface area contributed by atoms with Gasteiger partial charge in [0.25, 0.3) is 0 Å². The lowest BCUT2D eigenvalue weighted by Crippen LogP contribution is -2.39. The molecule has 2 rings (SSSR count). The van der Waals surface area contributed by atoms with Gasteiger partial charge in [0, 0.05) is 44.0 Å². The van der Waals surface area contributed by atoms with Crippen molar-refractivity contribution in [3.8, 4) is 5.75 Å². The first-order valence-electron chi connectivity index (χ1n) is 9.10. The van der Waals surface area contributed by atoms with Crippen LogP contribution in [0.1, 0.15) is 26.1 Å². The second kappa shape index (κ2) is 13.8. The van der Waals surface area contributed by atoms with Crippen LogP contribution in [0.5, 0.6) is 5.75 Å². The maximum absolute atomic E-state index is 6.09. The Morgan fingerprint density at radius 1 is 1.25 bits per heavy atom. The minimum absolute atomic E-state index is 0. The van der Waals surface area contributed by atoms with Gasteiger partial charge in [0.2, 0.25) is 0 Å². The van der Waals surface area contributed by atoms with Gasteiger partial charge in [-0.05, 0) is 25.1 Å². The lowest BCUT2D eigenvalue weighted by atomic mass is 10.3. The highest BCUT2D eigenvalue weighted by Gasteiger charge is 2.03. The SMILES string of the molecule is CCNC(=NCCCOc1ccc(Cl)cc1Cl)NCCn1cnnc1CC.I. The Hall–Kier alpha value is -1.26. The fourth-order valence-electron chi connectivity index (χ4n) is 2.41. The van der Waals surface area contributed by atoms with Gasteiger partial charge in [-0.2, -0.15) is 0 Å². The minimum atomic E-state index is 0. The number of hydrogen-bond acceptors (Lipinski definition) is 4. The molecule has 0 aliphatic rings. The summed E-state index contributed by atoms with van der Waals surface area (Å²) < 4.78 is 7.71. The molecular weight excluding hydrogens is 514 g/mol. The van der Waals surface area contributed by atoms with Crippen LogP contribution in [0.25, 0.3) is 0 Å². The van der Waals surface area contributed by atoms with Gasteiger partial charge in [0.05, 0.1) is 11.6 Å². The number of benzene rings is 1. The van der Waals surface area contributed by atoms with Crippen molar-refractivity contribution in [2.24, 2.45) is 4.99 Å². The van der Waals surface area contributed by atoms with Crippen LogP contribution in [0.3, 0.4) is 0 Å². The molecule has 0 bridgehead atoms. The van der Waals surface area contributed by atoms with Gasteiger partial charge >= 0.3 is 0 Å². The fraction of sp³-hybridized carbons (Fsp3) is 0.500. The number of aryl methyl sites for hydroxylation is 1. The zero-order valence-electron chi connectivity index (χ0n) is 16.1. The molecule has 0 fully saturated rings. The molecular formula is C18H27Cl2IN6O. The third-order valence-corrected chi connectivity index (χ3v) is 4.26. The van der Waals surface area contributed by atoms with Crippen molar-refractivity contribution < 1.29 is 4.74 Å². The van der Waals surface area contributed by atoms with E-state index in [1.165, 1.54) is 0 Å². The van der Waals surface area contributed by atoms with Gasteiger partial charge in [-0.15, -0.1) is 34.2 Å². The Labute approximate surface area is 193 Å². The molecule has 0 atom stereocenters. The van der Waals surface area contributed by atoms with E-state index >= 15 is 0 Å². The van der Waals surface area contributed by atoms with Gasteiger partial charge in [-0.3, -0.25) is 4.99 Å². The van der Waals surface area contributed by atoms with Crippen molar-refractivity contribution in [3.05, 3.63) is 40.4 Å². The molecule has 0 saturated carbocycles. The lowest BCUT2D eigenvalue weighted by molar-refractivity contribution is 0.313. The number of nitrogens with one attached hydrogen (secondary N) is 2. The number of aliphatic imine (C=N–C) groups is 1. The predicted octanol–water partition coefficient (Wildman–Crippen LogP) is 3.79. The predicted molar refractivity (Wildman–Crippen MR) is 125 cm³/mol. The lowest BCUT2D eigenvalue weighted by Gasteiger charge is -2.12. The van der Waals surface area contributed by atoms with E-state index in [-0.39, 0.29) is 24.0 Å².